The smallest absolute Gasteiger partial charge is 0.328 e. The standard InChI is InChI=1S/C21H20N6O4/c1-31-16-9-5-3-6-13(16)10-27-19-17(24-21(27)30)18(22-12-29)25-20(26-19)23-15-8-4-2-7-14(15)11-28/h2-9,12,28H,10-11H2,1H3,(H,24,30)(H2,22,23,25,26,29). The van der Waals surface area contributed by atoms with Gasteiger partial charge < -0.3 is 25.5 Å². The number of methoxy groups -OCH3 is 1. The lowest BCUT2D eigenvalue weighted by Crippen LogP contribution is -2.18. The lowest BCUT2D eigenvalue weighted by molar-refractivity contribution is -0.105. The van der Waals surface area contributed by atoms with Gasteiger partial charge in [0.1, 0.15) is 11.3 Å². The van der Waals surface area contributed by atoms with E-state index >= 15 is 0 Å². The van der Waals surface area contributed by atoms with Crippen LogP contribution in [0.2, 0.25) is 0 Å². The lowest BCUT2D eigenvalue weighted by Gasteiger charge is -2.12. The van der Waals surface area contributed by atoms with Crippen LogP contribution in [-0.4, -0.2) is 38.1 Å². The number of anilines is 3. The first-order valence-electron chi connectivity index (χ1n) is 9.43. The van der Waals surface area contributed by atoms with E-state index in [2.05, 4.69) is 25.6 Å². The second-order valence-electron chi connectivity index (χ2n) is 6.63. The molecule has 31 heavy (non-hydrogen) atoms. The fraction of sp³-hybridized carbons (Fsp3) is 0.143. The van der Waals surface area contributed by atoms with E-state index < -0.39 is 5.69 Å². The molecule has 158 valence electrons. The van der Waals surface area contributed by atoms with E-state index in [-0.39, 0.29) is 24.9 Å². The number of imidazole rings is 1. The average molecular weight is 420 g/mol. The van der Waals surface area contributed by atoms with Crippen LogP contribution >= 0.6 is 0 Å². The van der Waals surface area contributed by atoms with Crippen LogP contribution in [0.15, 0.2) is 53.3 Å². The minimum absolute atomic E-state index is 0.153. The van der Waals surface area contributed by atoms with E-state index in [1.165, 1.54) is 4.57 Å². The molecule has 0 spiro atoms. The first kappa shape index (κ1) is 20.1. The number of fused-ring (bicyclic) bond motifs is 1. The van der Waals surface area contributed by atoms with Gasteiger partial charge in [0.15, 0.2) is 11.5 Å². The molecule has 0 saturated heterocycles. The molecule has 0 radical (unpaired) electrons. The zero-order valence-corrected chi connectivity index (χ0v) is 16.6. The number of para-hydroxylation sites is 2. The maximum absolute atomic E-state index is 12.7. The topological polar surface area (TPSA) is 134 Å². The van der Waals surface area contributed by atoms with Crippen LogP contribution in [0.3, 0.4) is 0 Å². The van der Waals surface area contributed by atoms with Gasteiger partial charge >= 0.3 is 5.69 Å². The highest BCUT2D eigenvalue weighted by atomic mass is 16.5. The Morgan fingerprint density at radius 1 is 1.13 bits per heavy atom. The van der Waals surface area contributed by atoms with Gasteiger partial charge in [-0.15, -0.1) is 0 Å². The summed E-state index contributed by atoms with van der Waals surface area (Å²) in [6, 6.07) is 14.5. The summed E-state index contributed by atoms with van der Waals surface area (Å²) in [5, 5.41) is 15.1. The van der Waals surface area contributed by atoms with E-state index in [1.807, 2.05) is 24.3 Å². The van der Waals surface area contributed by atoms with Crippen molar-refractivity contribution in [2.75, 3.05) is 17.7 Å². The number of carbonyl (C=O) groups excluding carboxylic acids is 1. The van der Waals surface area contributed by atoms with Gasteiger partial charge in [0, 0.05) is 16.8 Å². The molecule has 4 rings (SSSR count). The van der Waals surface area contributed by atoms with Crippen molar-refractivity contribution in [2.45, 2.75) is 13.2 Å². The first-order chi connectivity index (χ1) is 15.1. The van der Waals surface area contributed by atoms with E-state index in [0.29, 0.717) is 34.6 Å². The van der Waals surface area contributed by atoms with Crippen LogP contribution in [0.4, 0.5) is 17.5 Å². The molecule has 0 aliphatic rings. The Hall–Kier alpha value is -4.18. The first-order valence-corrected chi connectivity index (χ1v) is 9.43. The summed E-state index contributed by atoms with van der Waals surface area (Å²) in [5.74, 6) is 0.949. The molecule has 2 aromatic heterocycles. The number of carbonyl (C=O) groups is 1. The number of aliphatic hydroxyl groups excluding tert-OH is 1. The molecule has 1 amide bonds. The van der Waals surface area contributed by atoms with Gasteiger partial charge in [-0.05, 0) is 12.1 Å². The summed E-state index contributed by atoms with van der Waals surface area (Å²) in [4.78, 5) is 35.3. The van der Waals surface area contributed by atoms with Gasteiger partial charge in [-0.3, -0.25) is 9.36 Å². The molecular formula is C21H20N6O4. The Kier molecular flexibility index (Phi) is 5.63. The quantitative estimate of drug-likeness (QED) is 0.320. The lowest BCUT2D eigenvalue weighted by atomic mass is 10.2. The molecule has 2 aromatic carbocycles. The molecule has 4 N–H and O–H groups in total. The number of nitrogens with one attached hydrogen (secondary N) is 3. The molecule has 0 aliphatic carbocycles. The number of hydrogen-bond donors (Lipinski definition) is 4. The predicted molar refractivity (Wildman–Crippen MR) is 116 cm³/mol. The van der Waals surface area contributed by atoms with Crippen molar-refractivity contribution in [1.82, 2.24) is 19.5 Å². The number of H-pyrrole nitrogens is 1. The van der Waals surface area contributed by atoms with Crippen molar-refractivity contribution in [2.24, 2.45) is 0 Å². The van der Waals surface area contributed by atoms with Crippen LogP contribution in [0.25, 0.3) is 11.2 Å². The Bertz CT molecular complexity index is 1300. The highest BCUT2D eigenvalue weighted by Gasteiger charge is 2.17. The monoisotopic (exact) mass is 420 g/mol. The SMILES string of the molecule is COc1ccccc1Cn1c(=O)[nH]c2c(NC=O)nc(Nc3ccccc3CO)nc21. The second kappa shape index (κ2) is 8.67. The minimum Gasteiger partial charge on any atom is -0.496 e. The Labute approximate surface area is 176 Å². The van der Waals surface area contributed by atoms with Crippen molar-refractivity contribution in [3.63, 3.8) is 0 Å². The molecule has 0 fully saturated rings. The van der Waals surface area contributed by atoms with Crippen LogP contribution in [0.1, 0.15) is 11.1 Å². The van der Waals surface area contributed by atoms with Crippen molar-refractivity contribution in [1.29, 1.82) is 0 Å². The van der Waals surface area contributed by atoms with Gasteiger partial charge in [-0.2, -0.15) is 9.97 Å². The molecule has 4 aromatic rings. The third-order valence-corrected chi connectivity index (χ3v) is 4.77. The summed E-state index contributed by atoms with van der Waals surface area (Å²) < 4.78 is 6.82. The normalized spacial score (nSPS) is 10.8. The van der Waals surface area contributed by atoms with Crippen LogP contribution in [0, 0.1) is 0 Å². The Morgan fingerprint density at radius 2 is 1.87 bits per heavy atom. The van der Waals surface area contributed by atoms with E-state index in [9.17, 15) is 14.7 Å². The number of benzene rings is 2. The number of hydrogen-bond acceptors (Lipinski definition) is 7. The third-order valence-electron chi connectivity index (χ3n) is 4.77. The summed E-state index contributed by atoms with van der Waals surface area (Å²) in [6.07, 6.45) is 0.475. The summed E-state index contributed by atoms with van der Waals surface area (Å²) in [6.45, 7) is 0.0284. The Balaban J connectivity index is 1.83. The summed E-state index contributed by atoms with van der Waals surface area (Å²) in [5.41, 5.74) is 2.24. The highest BCUT2D eigenvalue weighted by molar-refractivity contribution is 5.89. The molecule has 0 saturated carbocycles. The van der Waals surface area contributed by atoms with Crippen molar-refractivity contribution in [3.8, 4) is 5.75 Å². The number of ether oxygens (including phenoxy) is 1. The molecule has 10 nitrogen and oxygen atoms in total. The van der Waals surface area contributed by atoms with Crippen LogP contribution in [-0.2, 0) is 17.9 Å². The maximum atomic E-state index is 12.7. The molecule has 0 atom stereocenters. The van der Waals surface area contributed by atoms with Crippen LogP contribution in [0.5, 0.6) is 5.75 Å². The van der Waals surface area contributed by atoms with E-state index in [1.54, 1.807) is 31.4 Å². The van der Waals surface area contributed by atoms with Crippen molar-refractivity contribution >= 4 is 35.0 Å². The minimum atomic E-state index is -0.405. The van der Waals surface area contributed by atoms with Crippen molar-refractivity contribution < 1.29 is 14.6 Å². The van der Waals surface area contributed by atoms with Crippen molar-refractivity contribution in [3.05, 3.63) is 70.1 Å². The molecule has 10 heteroatoms. The van der Waals surface area contributed by atoms with E-state index in [0.717, 1.165) is 5.56 Å². The average Bonchev–Trinajstić information content (AvgIpc) is 3.10. The molecular weight excluding hydrogens is 400 g/mol. The second-order valence-corrected chi connectivity index (χ2v) is 6.63. The number of aliphatic hydroxyl groups is 1. The number of aromatic nitrogens is 4. The molecule has 2 heterocycles. The summed E-state index contributed by atoms with van der Waals surface area (Å²) in [7, 11) is 1.56. The van der Waals surface area contributed by atoms with Gasteiger partial charge in [0.05, 0.1) is 20.3 Å². The predicted octanol–water partition coefficient (Wildman–Crippen LogP) is 1.98. The highest BCUT2D eigenvalue weighted by Crippen LogP contribution is 2.25. The maximum Gasteiger partial charge on any atom is 0.328 e. The largest absolute Gasteiger partial charge is 0.496 e. The molecule has 0 bridgehead atoms. The van der Waals surface area contributed by atoms with Crippen LogP contribution < -0.4 is 21.1 Å². The van der Waals surface area contributed by atoms with Gasteiger partial charge in [-0.1, -0.05) is 36.4 Å². The van der Waals surface area contributed by atoms with Gasteiger partial charge in [-0.25, -0.2) is 4.79 Å². The third kappa shape index (κ3) is 3.96. The summed E-state index contributed by atoms with van der Waals surface area (Å²) >= 11 is 0. The number of nitrogens with zero attached hydrogens (tertiary/aromatic N) is 3. The van der Waals surface area contributed by atoms with Gasteiger partial charge in [0.2, 0.25) is 12.4 Å². The molecule has 0 aliphatic heterocycles. The zero-order chi connectivity index (χ0) is 21.8. The fourth-order valence-electron chi connectivity index (χ4n) is 3.30. The zero-order valence-electron chi connectivity index (χ0n) is 16.6. The fourth-order valence-corrected chi connectivity index (χ4v) is 3.30. The number of rotatable bonds is 8. The number of aromatic amines is 1. The van der Waals surface area contributed by atoms with Gasteiger partial charge in [0.25, 0.3) is 0 Å². The van der Waals surface area contributed by atoms with E-state index in [4.69, 9.17) is 4.74 Å². The Morgan fingerprint density at radius 3 is 2.61 bits per heavy atom. The molecule has 0 unspecified atom stereocenters. The number of amides is 1.